The lowest BCUT2D eigenvalue weighted by Gasteiger charge is -2.13. The molecule has 6 nitrogen and oxygen atoms in total. The molecular weight excluding hydrogens is 346 g/mol. The van der Waals surface area contributed by atoms with Crippen LogP contribution in [0.1, 0.15) is 32.7 Å². The van der Waals surface area contributed by atoms with Crippen LogP contribution in [0.2, 0.25) is 0 Å². The van der Waals surface area contributed by atoms with Gasteiger partial charge in [-0.1, -0.05) is 19.1 Å². The van der Waals surface area contributed by atoms with Gasteiger partial charge in [0.25, 0.3) is 5.91 Å². The van der Waals surface area contributed by atoms with Crippen molar-refractivity contribution in [3.05, 3.63) is 51.5 Å². The van der Waals surface area contributed by atoms with E-state index in [9.17, 15) is 4.79 Å². The van der Waals surface area contributed by atoms with Gasteiger partial charge in [0.05, 0.1) is 5.01 Å². The summed E-state index contributed by atoms with van der Waals surface area (Å²) in [7, 11) is 5.26. The van der Waals surface area contributed by atoms with Gasteiger partial charge in [0.15, 0.2) is 5.96 Å². The van der Waals surface area contributed by atoms with Gasteiger partial charge < -0.3 is 15.5 Å². The molecule has 140 valence electrons. The van der Waals surface area contributed by atoms with Gasteiger partial charge in [0.2, 0.25) is 0 Å². The summed E-state index contributed by atoms with van der Waals surface area (Å²) in [5.74, 6) is 0.765. The molecule has 1 amide bonds. The number of aliphatic imine (C=N–C) groups is 1. The number of aryl methyl sites for hydroxylation is 1. The number of carbonyl (C=O) groups is 1. The maximum atomic E-state index is 11.9. The third kappa shape index (κ3) is 5.84. The van der Waals surface area contributed by atoms with E-state index in [1.165, 1.54) is 4.88 Å². The second-order valence-corrected chi connectivity index (χ2v) is 7.27. The quantitative estimate of drug-likeness (QED) is 0.577. The predicted octanol–water partition coefficient (Wildman–Crippen LogP) is 2.32. The van der Waals surface area contributed by atoms with Crippen molar-refractivity contribution in [2.45, 2.75) is 26.3 Å². The van der Waals surface area contributed by atoms with Gasteiger partial charge in [0.1, 0.15) is 0 Å². The summed E-state index contributed by atoms with van der Waals surface area (Å²) in [6, 6.07) is 7.62. The molecule has 0 radical (unpaired) electrons. The highest BCUT2D eigenvalue weighted by Gasteiger charge is 2.07. The highest BCUT2D eigenvalue weighted by Crippen LogP contribution is 2.13. The molecule has 0 aliphatic carbocycles. The van der Waals surface area contributed by atoms with Crippen LogP contribution in [0.25, 0.3) is 0 Å². The van der Waals surface area contributed by atoms with Crippen molar-refractivity contribution in [3.8, 4) is 0 Å². The van der Waals surface area contributed by atoms with Gasteiger partial charge in [-0.25, -0.2) is 4.98 Å². The van der Waals surface area contributed by atoms with Crippen LogP contribution in [0.15, 0.2) is 35.5 Å². The molecule has 1 aromatic heterocycles. The van der Waals surface area contributed by atoms with Crippen LogP contribution >= 0.6 is 11.3 Å². The molecule has 0 unspecified atom stereocenters. The lowest BCUT2D eigenvalue weighted by Crippen LogP contribution is -2.37. The minimum absolute atomic E-state index is 0.00963. The Kier molecular flexibility index (Phi) is 7.59. The van der Waals surface area contributed by atoms with Gasteiger partial charge in [-0.2, -0.15) is 0 Å². The molecule has 0 aliphatic heterocycles. The zero-order valence-electron chi connectivity index (χ0n) is 15.9. The molecule has 0 spiro atoms. The fraction of sp³-hybridized carbons (Fsp3) is 0.421. The molecule has 2 aromatic rings. The number of carbonyl (C=O) groups excluding carboxylic acids is 1. The molecule has 1 heterocycles. The SMILES string of the molecule is CCc1cnc(CCNC(=NC)NCc2ccc(C(=O)N(C)C)cc2)s1. The van der Waals surface area contributed by atoms with E-state index in [4.69, 9.17) is 0 Å². The highest BCUT2D eigenvalue weighted by atomic mass is 32.1. The molecule has 2 N–H and O–H groups in total. The molecule has 0 aliphatic rings. The van der Waals surface area contributed by atoms with E-state index in [0.29, 0.717) is 12.1 Å². The van der Waals surface area contributed by atoms with Crippen LogP contribution in [0.4, 0.5) is 0 Å². The number of nitrogens with one attached hydrogen (secondary N) is 2. The summed E-state index contributed by atoms with van der Waals surface area (Å²) in [6.07, 6.45) is 3.87. The first-order valence-corrected chi connectivity index (χ1v) is 9.53. The molecule has 0 saturated heterocycles. The Labute approximate surface area is 159 Å². The van der Waals surface area contributed by atoms with Gasteiger partial charge >= 0.3 is 0 Å². The van der Waals surface area contributed by atoms with Crippen LogP contribution in [-0.4, -0.2) is 49.4 Å². The van der Waals surface area contributed by atoms with E-state index in [1.807, 2.05) is 30.5 Å². The minimum Gasteiger partial charge on any atom is -0.356 e. The standard InChI is InChI=1S/C19H27N5OS/c1-5-16-13-22-17(26-16)10-11-21-19(20-2)23-12-14-6-8-15(9-7-14)18(25)24(3)4/h6-9,13H,5,10-12H2,1-4H3,(H2,20,21,23). The van der Waals surface area contributed by atoms with Crippen LogP contribution in [0.3, 0.4) is 0 Å². The van der Waals surface area contributed by atoms with E-state index in [2.05, 4.69) is 27.5 Å². The summed E-state index contributed by atoms with van der Waals surface area (Å²) in [4.78, 5) is 23.5. The summed E-state index contributed by atoms with van der Waals surface area (Å²) < 4.78 is 0. The second kappa shape index (κ2) is 9.91. The van der Waals surface area contributed by atoms with Crippen LogP contribution < -0.4 is 10.6 Å². The van der Waals surface area contributed by atoms with Crippen molar-refractivity contribution in [1.82, 2.24) is 20.5 Å². The molecule has 1 aromatic carbocycles. The van der Waals surface area contributed by atoms with Crippen LogP contribution in [0.5, 0.6) is 0 Å². The number of hydrogen-bond donors (Lipinski definition) is 2. The maximum absolute atomic E-state index is 11.9. The number of guanidine groups is 1. The van der Waals surface area contributed by atoms with E-state index in [-0.39, 0.29) is 5.91 Å². The van der Waals surface area contributed by atoms with Crippen molar-refractivity contribution >= 4 is 23.2 Å². The number of aromatic nitrogens is 1. The average Bonchev–Trinajstić information content (AvgIpc) is 3.12. The predicted molar refractivity (Wildman–Crippen MR) is 108 cm³/mol. The van der Waals surface area contributed by atoms with Gasteiger partial charge in [-0.05, 0) is 24.1 Å². The van der Waals surface area contributed by atoms with Crippen molar-refractivity contribution in [2.75, 3.05) is 27.7 Å². The Morgan fingerprint density at radius 2 is 1.96 bits per heavy atom. The Balaban J connectivity index is 1.78. The average molecular weight is 374 g/mol. The smallest absolute Gasteiger partial charge is 0.253 e. The maximum Gasteiger partial charge on any atom is 0.253 e. The van der Waals surface area contributed by atoms with Crippen molar-refractivity contribution in [3.63, 3.8) is 0 Å². The third-order valence-electron chi connectivity index (χ3n) is 3.87. The summed E-state index contributed by atoms with van der Waals surface area (Å²) in [6.45, 7) is 3.57. The molecule has 2 rings (SSSR count). The zero-order valence-corrected chi connectivity index (χ0v) is 16.7. The normalized spacial score (nSPS) is 11.3. The number of thiazole rings is 1. The second-order valence-electron chi connectivity index (χ2n) is 6.07. The Morgan fingerprint density at radius 1 is 1.23 bits per heavy atom. The first-order valence-electron chi connectivity index (χ1n) is 8.72. The van der Waals surface area contributed by atoms with E-state index in [0.717, 1.165) is 35.9 Å². The Hall–Kier alpha value is -2.41. The molecule has 0 saturated carbocycles. The monoisotopic (exact) mass is 373 g/mol. The number of rotatable bonds is 7. The molecule has 26 heavy (non-hydrogen) atoms. The van der Waals surface area contributed by atoms with Crippen LogP contribution in [-0.2, 0) is 19.4 Å². The van der Waals surface area contributed by atoms with Gasteiger partial charge in [0, 0.05) is 57.3 Å². The Morgan fingerprint density at radius 3 is 2.54 bits per heavy atom. The van der Waals surface area contributed by atoms with Crippen molar-refractivity contribution < 1.29 is 4.79 Å². The van der Waals surface area contributed by atoms with Crippen molar-refractivity contribution in [1.29, 1.82) is 0 Å². The van der Waals surface area contributed by atoms with Gasteiger partial charge in [-0.3, -0.25) is 9.79 Å². The first-order chi connectivity index (χ1) is 12.5. The van der Waals surface area contributed by atoms with E-state index >= 15 is 0 Å². The molecular formula is C19H27N5OS. The molecule has 0 fully saturated rings. The summed E-state index contributed by atoms with van der Waals surface area (Å²) in [5, 5.41) is 7.74. The first kappa shape index (κ1) is 19.9. The summed E-state index contributed by atoms with van der Waals surface area (Å²) >= 11 is 1.77. The molecule has 0 atom stereocenters. The largest absolute Gasteiger partial charge is 0.356 e. The topological polar surface area (TPSA) is 69.6 Å². The number of nitrogens with zero attached hydrogens (tertiary/aromatic N) is 3. The molecule has 0 bridgehead atoms. The third-order valence-corrected chi connectivity index (χ3v) is 5.07. The van der Waals surface area contributed by atoms with Gasteiger partial charge in [-0.15, -0.1) is 11.3 Å². The molecule has 7 heteroatoms. The fourth-order valence-corrected chi connectivity index (χ4v) is 3.21. The Bertz CT molecular complexity index is 737. The van der Waals surface area contributed by atoms with E-state index in [1.54, 1.807) is 37.4 Å². The highest BCUT2D eigenvalue weighted by molar-refractivity contribution is 7.11. The number of benzene rings is 1. The van der Waals surface area contributed by atoms with E-state index < -0.39 is 0 Å². The van der Waals surface area contributed by atoms with Crippen molar-refractivity contribution in [2.24, 2.45) is 4.99 Å². The lowest BCUT2D eigenvalue weighted by atomic mass is 10.1. The zero-order chi connectivity index (χ0) is 18.9. The number of amides is 1. The summed E-state index contributed by atoms with van der Waals surface area (Å²) in [5.41, 5.74) is 1.78. The minimum atomic E-state index is 0.00963. The number of hydrogen-bond acceptors (Lipinski definition) is 4. The van der Waals surface area contributed by atoms with Crippen LogP contribution in [0, 0.1) is 0 Å². The lowest BCUT2D eigenvalue weighted by molar-refractivity contribution is 0.0827. The fourth-order valence-electron chi connectivity index (χ4n) is 2.34.